The minimum atomic E-state index is 0.745. The second kappa shape index (κ2) is 1.90. The molecule has 0 aliphatic carbocycles. The van der Waals surface area contributed by atoms with E-state index in [9.17, 15) is 0 Å². The van der Waals surface area contributed by atoms with Gasteiger partial charge in [0, 0.05) is 6.20 Å². The molecule has 9 heavy (non-hydrogen) atoms. The SMILES string of the molecule is Cc1cnc(C)n1C#N. The van der Waals surface area contributed by atoms with Gasteiger partial charge >= 0.3 is 0 Å². The summed E-state index contributed by atoms with van der Waals surface area (Å²) >= 11 is 0. The lowest BCUT2D eigenvalue weighted by Crippen LogP contribution is -1.92. The molecule has 0 N–H and O–H groups in total. The molecule has 0 fully saturated rings. The predicted molar refractivity (Wildman–Crippen MR) is 32.7 cm³/mol. The molecule has 3 nitrogen and oxygen atoms in total. The third-order valence-electron chi connectivity index (χ3n) is 1.21. The zero-order chi connectivity index (χ0) is 6.85. The van der Waals surface area contributed by atoms with Crippen molar-refractivity contribution in [2.75, 3.05) is 0 Å². The van der Waals surface area contributed by atoms with E-state index in [1.807, 2.05) is 13.1 Å². The second-order valence-electron chi connectivity index (χ2n) is 1.88. The van der Waals surface area contributed by atoms with E-state index in [0.29, 0.717) is 0 Å². The first-order valence-electron chi connectivity index (χ1n) is 2.66. The van der Waals surface area contributed by atoms with Crippen LogP contribution in [-0.2, 0) is 0 Å². The fraction of sp³-hybridized carbons (Fsp3) is 0.333. The number of aryl methyl sites for hydroxylation is 2. The molecule has 46 valence electrons. The number of nitriles is 1. The van der Waals surface area contributed by atoms with Crippen molar-refractivity contribution in [2.45, 2.75) is 13.8 Å². The van der Waals surface area contributed by atoms with Gasteiger partial charge in [0.25, 0.3) is 0 Å². The topological polar surface area (TPSA) is 41.6 Å². The quantitative estimate of drug-likeness (QED) is 0.510. The Kier molecular flexibility index (Phi) is 1.23. The Morgan fingerprint density at radius 1 is 1.67 bits per heavy atom. The number of imidazole rings is 1. The zero-order valence-electron chi connectivity index (χ0n) is 5.42. The fourth-order valence-corrected chi connectivity index (χ4v) is 0.709. The molecule has 1 rings (SSSR count). The average molecular weight is 121 g/mol. The number of hydrogen-bond acceptors (Lipinski definition) is 2. The number of aromatic nitrogens is 2. The van der Waals surface area contributed by atoms with Crippen molar-refractivity contribution in [1.82, 2.24) is 9.55 Å². The molecule has 0 amide bonds. The lowest BCUT2D eigenvalue weighted by Gasteiger charge is -1.89. The van der Waals surface area contributed by atoms with Crippen LogP contribution < -0.4 is 0 Å². The minimum absolute atomic E-state index is 0.745. The van der Waals surface area contributed by atoms with Gasteiger partial charge in [-0.2, -0.15) is 5.26 Å². The second-order valence-corrected chi connectivity index (χ2v) is 1.88. The zero-order valence-corrected chi connectivity index (χ0v) is 5.42. The maximum atomic E-state index is 8.46. The Labute approximate surface area is 53.6 Å². The smallest absolute Gasteiger partial charge is 0.190 e. The van der Waals surface area contributed by atoms with Gasteiger partial charge in [-0.15, -0.1) is 0 Å². The van der Waals surface area contributed by atoms with Crippen LogP contribution in [0.1, 0.15) is 11.5 Å². The van der Waals surface area contributed by atoms with Gasteiger partial charge in [-0.25, -0.2) is 9.55 Å². The van der Waals surface area contributed by atoms with Crippen LogP contribution in [-0.4, -0.2) is 9.55 Å². The summed E-state index contributed by atoms with van der Waals surface area (Å²) in [6.07, 6.45) is 3.68. The molecule has 0 unspecified atom stereocenters. The first-order valence-corrected chi connectivity index (χ1v) is 2.66. The van der Waals surface area contributed by atoms with Gasteiger partial charge in [-0.3, -0.25) is 0 Å². The maximum Gasteiger partial charge on any atom is 0.190 e. The summed E-state index contributed by atoms with van der Waals surface area (Å²) < 4.78 is 1.49. The van der Waals surface area contributed by atoms with E-state index in [1.165, 1.54) is 4.57 Å². The molecule has 3 heteroatoms. The highest BCUT2D eigenvalue weighted by Gasteiger charge is 1.97. The van der Waals surface area contributed by atoms with Crippen LogP contribution >= 0.6 is 0 Å². The summed E-state index contributed by atoms with van der Waals surface area (Å²) in [6, 6.07) is 0. The molecular weight excluding hydrogens is 114 g/mol. The molecule has 1 heterocycles. The van der Waals surface area contributed by atoms with E-state index < -0.39 is 0 Å². The molecule has 0 aliphatic rings. The van der Waals surface area contributed by atoms with Crippen molar-refractivity contribution in [3.8, 4) is 6.19 Å². The van der Waals surface area contributed by atoms with E-state index in [0.717, 1.165) is 11.5 Å². The van der Waals surface area contributed by atoms with Gasteiger partial charge in [0.2, 0.25) is 0 Å². The standard InChI is InChI=1S/C6H7N3/c1-5-3-8-6(2)9(5)4-7/h3H,1-2H3. The maximum absolute atomic E-state index is 8.46. The third kappa shape index (κ3) is 0.789. The third-order valence-corrected chi connectivity index (χ3v) is 1.21. The highest BCUT2D eigenvalue weighted by Crippen LogP contribution is 1.98. The van der Waals surface area contributed by atoms with Crippen molar-refractivity contribution in [3.63, 3.8) is 0 Å². The van der Waals surface area contributed by atoms with Gasteiger partial charge in [-0.1, -0.05) is 0 Å². The molecule has 0 aliphatic heterocycles. The number of nitrogens with zero attached hydrogens (tertiary/aromatic N) is 3. The Balaban J connectivity index is 3.27. The van der Waals surface area contributed by atoms with E-state index in [-0.39, 0.29) is 0 Å². The summed E-state index contributed by atoms with van der Waals surface area (Å²) in [5.41, 5.74) is 0.884. The predicted octanol–water partition coefficient (Wildman–Crippen LogP) is 0.829. The molecule has 0 saturated heterocycles. The summed E-state index contributed by atoms with van der Waals surface area (Å²) in [5, 5.41) is 8.46. The van der Waals surface area contributed by atoms with E-state index in [1.54, 1.807) is 13.1 Å². The van der Waals surface area contributed by atoms with E-state index in [4.69, 9.17) is 5.26 Å². The lowest BCUT2D eigenvalue weighted by atomic mass is 10.5. The van der Waals surface area contributed by atoms with E-state index in [2.05, 4.69) is 4.98 Å². The van der Waals surface area contributed by atoms with Crippen LogP contribution in [0.4, 0.5) is 0 Å². The van der Waals surface area contributed by atoms with Gasteiger partial charge in [-0.05, 0) is 13.8 Å². The first-order chi connectivity index (χ1) is 4.25. The van der Waals surface area contributed by atoms with Crippen LogP contribution in [0.25, 0.3) is 0 Å². The Morgan fingerprint density at radius 3 is 2.56 bits per heavy atom. The van der Waals surface area contributed by atoms with Crippen molar-refractivity contribution in [1.29, 1.82) is 5.26 Å². The van der Waals surface area contributed by atoms with E-state index >= 15 is 0 Å². The summed E-state index contributed by atoms with van der Waals surface area (Å²) in [6.45, 7) is 3.65. The highest BCUT2D eigenvalue weighted by molar-refractivity contribution is 5.08. The first kappa shape index (κ1) is 5.83. The molecule has 1 aromatic heterocycles. The molecule has 0 atom stereocenters. The number of hydrogen-bond donors (Lipinski definition) is 0. The molecule has 0 saturated carbocycles. The van der Waals surface area contributed by atoms with Crippen molar-refractivity contribution in [2.24, 2.45) is 0 Å². The van der Waals surface area contributed by atoms with Crippen LogP contribution in [0.15, 0.2) is 6.20 Å². The summed E-state index contributed by atoms with van der Waals surface area (Å²) in [4.78, 5) is 3.93. The minimum Gasteiger partial charge on any atom is -0.241 e. The Morgan fingerprint density at radius 2 is 2.33 bits per heavy atom. The molecule has 0 spiro atoms. The van der Waals surface area contributed by atoms with Gasteiger partial charge in [0.1, 0.15) is 5.82 Å². The Hall–Kier alpha value is -1.30. The Bertz CT molecular complexity index is 234. The average Bonchev–Trinajstić information content (AvgIpc) is 2.12. The van der Waals surface area contributed by atoms with Crippen LogP contribution in [0, 0.1) is 25.3 Å². The largest absolute Gasteiger partial charge is 0.241 e. The van der Waals surface area contributed by atoms with Crippen molar-refractivity contribution in [3.05, 3.63) is 17.7 Å². The normalized spacial score (nSPS) is 9.00. The number of rotatable bonds is 0. The fourth-order valence-electron chi connectivity index (χ4n) is 0.709. The molecule has 1 aromatic rings. The van der Waals surface area contributed by atoms with Gasteiger partial charge in [0.15, 0.2) is 6.19 Å². The van der Waals surface area contributed by atoms with Crippen molar-refractivity contribution >= 4 is 0 Å². The van der Waals surface area contributed by atoms with Crippen LogP contribution in [0.3, 0.4) is 0 Å². The van der Waals surface area contributed by atoms with Crippen LogP contribution in [0.5, 0.6) is 0 Å². The van der Waals surface area contributed by atoms with Gasteiger partial charge in [0.05, 0.1) is 5.69 Å². The molecule has 0 radical (unpaired) electrons. The molecular formula is C6H7N3. The van der Waals surface area contributed by atoms with Gasteiger partial charge < -0.3 is 0 Å². The lowest BCUT2D eigenvalue weighted by molar-refractivity contribution is 0.957. The highest BCUT2D eigenvalue weighted by atomic mass is 15.1. The monoisotopic (exact) mass is 121 g/mol. The van der Waals surface area contributed by atoms with Crippen molar-refractivity contribution < 1.29 is 0 Å². The van der Waals surface area contributed by atoms with Crippen LogP contribution in [0.2, 0.25) is 0 Å². The summed E-state index contributed by atoms with van der Waals surface area (Å²) in [7, 11) is 0. The molecule has 0 bridgehead atoms. The summed E-state index contributed by atoms with van der Waals surface area (Å²) in [5.74, 6) is 0.745. The molecule has 0 aromatic carbocycles.